The number of benzene rings is 1. The van der Waals surface area contributed by atoms with Gasteiger partial charge < -0.3 is 15.3 Å². The first-order valence-corrected chi connectivity index (χ1v) is 8.24. The molecule has 7 nitrogen and oxygen atoms in total. The van der Waals surface area contributed by atoms with Crippen molar-refractivity contribution in [1.29, 1.82) is 0 Å². The molecule has 0 unspecified atom stereocenters. The summed E-state index contributed by atoms with van der Waals surface area (Å²) in [5.41, 5.74) is -0.609. The number of nitrogens with one attached hydrogen (secondary N) is 1. The summed E-state index contributed by atoms with van der Waals surface area (Å²) in [6.07, 6.45) is 0.474. The molecular weight excluding hydrogens is 325 g/mol. The van der Waals surface area contributed by atoms with Gasteiger partial charge in [-0.15, -0.1) is 11.8 Å². The van der Waals surface area contributed by atoms with Crippen LogP contribution in [0.3, 0.4) is 0 Å². The third-order valence-electron chi connectivity index (χ3n) is 3.44. The minimum atomic E-state index is -0.735. The second-order valence-corrected chi connectivity index (χ2v) is 6.16. The Morgan fingerprint density at radius 2 is 2.13 bits per heavy atom. The van der Waals surface area contributed by atoms with Crippen molar-refractivity contribution in [3.63, 3.8) is 0 Å². The van der Waals surface area contributed by atoms with E-state index in [9.17, 15) is 19.3 Å². The van der Waals surface area contributed by atoms with Gasteiger partial charge in [-0.1, -0.05) is 0 Å². The van der Waals surface area contributed by atoms with Crippen LogP contribution in [0.4, 0.5) is 10.1 Å². The third-order valence-corrected chi connectivity index (χ3v) is 4.56. The predicted octanol–water partition coefficient (Wildman–Crippen LogP) is 1.25. The molecule has 0 radical (unpaired) electrons. The van der Waals surface area contributed by atoms with Gasteiger partial charge in [-0.2, -0.15) is 0 Å². The van der Waals surface area contributed by atoms with Gasteiger partial charge in [-0.3, -0.25) is 14.9 Å². The minimum absolute atomic E-state index is 0.0197. The van der Waals surface area contributed by atoms with Gasteiger partial charge in [-0.25, -0.2) is 4.39 Å². The van der Waals surface area contributed by atoms with Crippen LogP contribution in [0.15, 0.2) is 17.0 Å². The highest BCUT2D eigenvalue weighted by molar-refractivity contribution is 7.99. The average molecular weight is 343 g/mol. The summed E-state index contributed by atoms with van der Waals surface area (Å²) in [7, 11) is 0. The van der Waals surface area contributed by atoms with E-state index in [1.165, 1.54) is 11.0 Å². The SMILES string of the molecule is O=C(c1cc(SCCCO)c(F)cc1[N+](=O)[O-])N1CCNCC1. The monoisotopic (exact) mass is 343 g/mol. The molecule has 1 aromatic rings. The first kappa shape index (κ1) is 17.6. The molecule has 23 heavy (non-hydrogen) atoms. The molecule has 0 bridgehead atoms. The maximum Gasteiger partial charge on any atom is 0.285 e. The number of nitro benzene ring substituents is 1. The molecule has 1 amide bonds. The first-order chi connectivity index (χ1) is 11.0. The van der Waals surface area contributed by atoms with E-state index in [4.69, 9.17) is 5.11 Å². The van der Waals surface area contributed by atoms with E-state index in [2.05, 4.69) is 5.32 Å². The quantitative estimate of drug-likeness (QED) is 0.349. The Balaban J connectivity index is 2.31. The van der Waals surface area contributed by atoms with E-state index >= 15 is 0 Å². The van der Waals surface area contributed by atoms with Crippen molar-refractivity contribution in [3.8, 4) is 0 Å². The molecule has 1 aromatic carbocycles. The smallest absolute Gasteiger partial charge is 0.285 e. The van der Waals surface area contributed by atoms with Gasteiger partial charge >= 0.3 is 0 Å². The fourth-order valence-corrected chi connectivity index (χ4v) is 3.15. The maximum atomic E-state index is 14.0. The number of carbonyl (C=O) groups excluding carboxylic acids is 1. The lowest BCUT2D eigenvalue weighted by atomic mass is 10.1. The average Bonchev–Trinajstić information content (AvgIpc) is 2.56. The van der Waals surface area contributed by atoms with Crippen LogP contribution in [0.2, 0.25) is 0 Å². The van der Waals surface area contributed by atoms with Crippen LogP contribution in [0, 0.1) is 15.9 Å². The Labute approximate surface area is 137 Å². The number of rotatable bonds is 6. The third kappa shape index (κ3) is 4.40. The number of hydrogen-bond donors (Lipinski definition) is 2. The summed E-state index contributed by atoms with van der Waals surface area (Å²) in [5.74, 6) is -0.717. The number of hydrogen-bond acceptors (Lipinski definition) is 6. The Morgan fingerprint density at radius 1 is 1.43 bits per heavy atom. The molecule has 0 saturated carbocycles. The zero-order valence-corrected chi connectivity index (χ0v) is 13.3. The van der Waals surface area contributed by atoms with Crippen molar-refractivity contribution >= 4 is 23.4 Å². The van der Waals surface area contributed by atoms with Crippen molar-refractivity contribution < 1.29 is 19.2 Å². The van der Waals surface area contributed by atoms with Gasteiger partial charge in [0.15, 0.2) is 0 Å². The molecule has 9 heteroatoms. The Morgan fingerprint density at radius 3 is 2.74 bits per heavy atom. The molecule has 1 aliphatic rings. The number of carbonyl (C=O) groups is 1. The molecule has 1 saturated heterocycles. The lowest BCUT2D eigenvalue weighted by Gasteiger charge is -2.27. The van der Waals surface area contributed by atoms with E-state index in [-0.39, 0.29) is 17.1 Å². The number of aliphatic hydroxyl groups excluding tert-OH is 1. The van der Waals surface area contributed by atoms with Crippen LogP contribution in [0.1, 0.15) is 16.8 Å². The van der Waals surface area contributed by atoms with Crippen LogP contribution in [-0.2, 0) is 0 Å². The van der Waals surface area contributed by atoms with Crippen LogP contribution < -0.4 is 5.32 Å². The maximum absolute atomic E-state index is 14.0. The van der Waals surface area contributed by atoms with Crippen LogP contribution in [0.25, 0.3) is 0 Å². The van der Waals surface area contributed by atoms with Gasteiger partial charge in [0.05, 0.1) is 11.0 Å². The molecule has 1 aliphatic heterocycles. The molecule has 0 aliphatic carbocycles. The van der Waals surface area contributed by atoms with Crippen molar-refractivity contribution in [2.75, 3.05) is 38.5 Å². The second-order valence-electron chi connectivity index (χ2n) is 5.02. The molecule has 2 N–H and O–H groups in total. The van der Waals surface area contributed by atoms with Crippen LogP contribution in [-0.4, -0.2) is 59.4 Å². The zero-order valence-electron chi connectivity index (χ0n) is 12.5. The number of piperazine rings is 1. The van der Waals surface area contributed by atoms with Gasteiger partial charge in [0.25, 0.3) is 11.6 Å². The number of nitrogens with zero attached hydrogens (tertiary/aromatic N) is 2. The summed E-state index contributed by atoms with van der Waals surface area (Å²) in [6.45, 7) is 2.15. The summed E-state index contributed by atoms with van der Waals surface area (Å²) < 4.78 is 14.0. The molecule has 2 rings (SSSR count). The lowest BCUT2D eigenvalue weighted by Crippen LogP contribution is -2.46. The summed E-state index contributed by atoms with van der Waals surface area (Å²) in [4.78, 5) is 24.7. The van der Waals surface area contributed by atoms with E-state index in [1.807, 2.05) is 0 Å². The van der Waals surface area contributed by atoms with Crippen molar-refractivity contribution in [1.82, 2.24) is 10.2 Å². The van der Waals surface area contributed by atoms with E-state index < -0.39 is 22.3 Å². The molecule has 1 fully saturated rings. The van der Waals surface area contributed by atoms with Crippen molar-refractivity contribution in [2.45, 2.75) is 11.3 Å². The fraction of sp³-hybridized carbons (Fsp3) is 0.500. The largest absolute Gasteiger partial charge is 0.396 e. The number of nitro groups is 1. The molecule has 0 aromatic heterocycles. The normalized spacial score (nSPS) is 14.8. The van der Waals surface area contributed by atoms with Gasteiger partial charge in [0.2, 0.25) is 0 Å². The Kier molecular flexibility index (Phi) is 6.31. The number of halogens is 1. The minimum Gasteiger partial charge on any atom is -0.396 e. The highest BCUT2D eigenvalue weighted by atomic mass is 32.2. The number of amides is 1. The van der Waals surface area contributed by atoms with E-state index in [0.29, 0.717) is 38.4 Å². The van der Waals surface area contributed by atoms with Crippen molar-refractivity contribution in [3.05, 3.63) is 33.6 Å². The Bertz CT molecular complexity index is 594. The van der Waals surface area contributed by atoms with Gasteiger partial charge in [0.1, 0.15) is 11.4 Å². The predicted molar refractivity (Wildman–Crippen MR) is 84.3 cm³/mol. The highest BCUT2D eigenvalue weighted by Crippen LogP contribution is 2.30. The van der Waals surface area contributed by atoms with Gasteiger partial charge in [-0.05, 0) is 12.5 Å². The van der Waals surface area contributed by atoms with E-state index in [0.717, 1.165) is 17.8 Å². The summed E-state index contributed by atoms with van der Waals surface area (Å²) in [6, 6.07) is 2.05. The van der Waals surface area contributed by atoms with Gasteiger partial charge in [0, 0.05) is 43.4 Å². The fourth-order valence-electron chi connectivity index (χ4n) is 2.26. The number of aliphatic hydroxyl groups is 1. The van der Waals surface area contributed by atoms with Crippen molar-refractivity contribution in [2.24, 2.45) is 0 Å². The number of thioether (sulfide) groups is 1. The van der Waals surface area contributed by atoms with Crippen LogP contribution in [0.5, 0.6) is 0 Å². The molecule has 1 heterocycles. The molecule has 0 atom stereocenters. The van der Waals surface area contributed by atoms with Crippen LogP contribution >= 0.6 is 11.8 Å². The molecule has 126 valence electrons. The molecule has 0 spiro atoms. The first-order valence-electron chi connectivity index (χ1n) is 7.26. The summed E-state index contributed by atoms with van der Waals surface area (Å²) in [5, 5.41) is 23.0. The molecular formula is C14H18FN3O4S. The zero-order chi connectivity index (χ0) is 16.8. The summed E-state index contributed by atoms with van der Waals surface area (Å²) >= 11 is 1.13. The standard InChI is InChI=1S/C14H18FN3O4S/c15-11-9-12(18(21)22)10(8-13(11)23-7-1-6-19)14(20)17-4-2-16-3-5-17/h8-9,16,19H,1-7H2. The Hall–Kier alpha value is -1.71. The van der Waals surface area contributed by atoms with E-state index in [1.54, 1.807) is 0 Å². The second kappa shape index (κ2) is 8.23. The highest BCUT2D eigenvalue weighted by Gasteiger charge is 2.28. The lowest BCUT2D eigenvalue weighted by molar-refractivity contribution is -0.385. The topological polar surface area (TPSA) is 95.7 Å².